The maximum absolute atomic E-state index is 11.1. The zero-order valence-corrected chi connectivity index (χ0v) is 12.2. The van der Waals surface area contributed by atoms with Crippen LogP contribution in [0.5, 0.6) is 5.75 Å². The van der Waals surface area contributed by atoms with E-state index in [9.17, 15) is 4.79 Å². The Labute approximate surface area is 120 Å². The number of hydrogen-bond donors (Lipinski definition) is 1. The summed E-state index contributed by atoms with van der Waals surface area (Å²) in [4.78, 5) is 11.1. The van der Waals surface area contributed by atoms with Crippen LogP contribution in [0.15, 0.2) is 43.9 Å². The number of halogens is 2. The van der Waals surface area contributed by atoms with Gasteiger partial charge in [0.15, 0.2) is 4.67 Å². The van der Waals surface area contributed by atoms with Crippen LogP contribution in [0.25, 0.3) is 0 Å². The van der Waals surface area contributed by atoms with Crippen LogP contribution in [0.4, 0.5) is 0 Å². The van der Waals surface area contributed by atoms with E-state index in [-0.39, 0.29) is 12.2 Å². The molecule has 0 aliphatic rings. The quantitative estimate of drug-likeness (QED) is 0.874. The molecule has 4 nitrogen and oxygen atoms in total. The van der Waals surface area contributed by atoms with Crippen molar-refractivity contribution in [2.45, 2.75) is 6.61 Å². The van der Waals surface area contributed by atoms with Gasteiger partial charge in [0.2, 0.25) is 0 Å². The third-order valence-electron chi connectivity index (χ3n) is 2.17. The van der Waals surface area contributed by atoms with Gasteiger partial charge in [0.25, 0.3) is 0 Å². The van der Waals surface area contributed by atoms with E-state index in [1.807, 2.05) is 0 Å². The molecule has 94 valence electrons. The fraction of sp³-hybridized carbons (Fsp3) is 0.0833. The summed E-state index contributed by atoms with van der Waals surface area (Å²) >= 11 is 6.40. The van der Waals surface area contributed by atoms with E-state index >= 15 is 0 Å². The topological polar surface area (TPSA) is 59.7 Å². The normalized spacial score (nSPS) is 10.3. The highest BCUT2D eigenvalue weighted by molar-refractivity contribution is 9.10. The van der Waals surface area contributed by atoms with Crippen LogP contribution in [0, 0.1) is 0 Å². The van der Waals surface area contributed by atoms with Crippen LogP contribution in [0.3, 0.4) is 0 Å². The van der Waals surface area contributed by atoms with Gasteiger partial charge >= 0.3 is 5.97 Å². The number of hydrogen-bond acceptors (Lipinski definition) is 3. The van der Waals surface area contributed by atoms with Crippen molar-refractivity contribution in [3.63, 3.8) is 0 Å². The van der Waals surface area contributed by atoms with Crippen molar-refractivity contribution in [2.75, 3.05) is 0 Å². The Hall–Kier alpha value is -1.27. The van der Waals surface area contributed by atoms with Crippen LogP contribution in [-0.2, 0) is 6.61 Å². The average molecular weight is 376 g/mol. The molecule has 2 aromatic rings. The molecule has 18 heavy (non-hydrogen) atoms. The number of carboxylic acid groups (broad SMARTS) is 1. The standard InChI is InChI=1S/C12H8Br2O4/c13-7-1-3-10(9(5-7)12(15)16)17-6-8-2-4-11(14)18-8/h1-5H,6H2,(H,15,16). The Morgan fingerprint density at radius 3 is 2.67 bits per heavy atom. The van der Waals surface area contributed by atoms with Crippen molar-refractivity contribution in [1.82, 2.24) is 0 Å². The number of rotatable bonds is 4. The highest BCUT2D eigenvalue weighted by Gasteiger charge is 2.12. The van der Waals surface area contributed by atoms with Crippen molar-refractivity contribution in [3.8, 4) is 5.75 Å². The predicted molar refractivity (Wildman–Crippen MR) is 71.8 cm³/mol. The molecule has 0 amide bonds. The molecule has 1 heterocycles. The minimum Gasteiger partial charge on any atom is -0.485 e. The average Bonchev–Trinajstić information content (AvgIpc) is 2.73. The fourth-order valence-corrected chi connectivity index (χ4v) is 2.07. The number of carbonyl (C=O) groups is 1. The first-order chi connectivity index (χ1) is 8.56. The fourth-order valence-electron chi connectivity index (χ4n) is 1.37. The van der Waals surface area contributed by atoms with Crippen molar-refractivity contribution in [2.24, 2.45) is 0 Å². The summed E-state index contributed by atoms with van der Waals surface area (Å²) in [5, 5.41) is 9.06. The van der Waals surface area contributed by atoms with Gasteiger partial charge in [0.05, 0.1) is 0 Å². The van der Waals surface area contributed by atoms with Gasteiger partial charge in [-0.05, 0) is 46.3 Å². The van der Waals surface area contributed by atoms with Crippen molar-refractivity contribution < 1.29 is 19.1 Å². The maximum Gasteiger partial charge on any atom is 0.339 e. The van der Waals surface area contributed by atoms with Crippen LogP contribution < -0.4 is 4.74 Å². The van der Waals surface area contributed by atoms with E-state index in [0.29, 0.717) is 20.7 Å². The zero-order valence-electron chi connectivity index (χ0n) is 9.02. The second-order valence-corrected chi connectivity index (χ2v) is 5.14. The first-order valence-corrected chi connectivity index (χ1v) is 6.55. The highest BCUT2D eigenvalue weighted by Crippen LogP contribution is 2.24. The third kappa shape index (κ3) is 3.14. The summed E-state index contributed by atoms with van der Waals surface area (Å²) < 4.78 is 12.0. The van der Waals surface area contributed by atoms with Gasteiger partial charge in [0, 0.05) is 4.47 Å². The summed E-state index contributed by atoms with van der Waals surface area (Å²) in [6.45, 7) is 0.174. The molecule has 0 saturated heterocycles. The Morgan fingerprint density at radius 2 is 2.06 bits per heavy atom. The van der Waals surface area contributed by atoms with Gasteiger partial charge in [-0.2, -0.15) is 0 Å². The molecule has 0 atom stereocenters. The Morgan fingerprint density at radius 1 is 1.28 bits per heavy atom. The van der Waals surface area contributed by atoms with Crippen LogP contribution in [-0.4, -0.2) is 11.1 Å². The van der Waals surface area contributed by atoms with E-state index in [1.54, 1.807) is 24.3 Å². The summed E-state index contributed by atoms with van der Waals surface area (Å²) in [6, 6.07) is 8.32. The van der Waals surface area contributed by atoms with E-state index < -0.39 is 5.97 Å². The number of ether oxygens (including phenoxy) is 1. The molecule has 0 spiro atoms. The lowest BCUT2D eigenvalue weighted by Gasteiger charge is -2.08. The van der Waals surface area contributed by atoms with Crippen molar-refractivity contribution in [3.05, 3.63) is 50.8 Å². The lowest BCUT2D eigenvalue weighted by Crippen LogP contribution is -2.03. The number of aromatic carboxylic acids is 1. The minimum absolute atomic E-state index is 0.106. The summed E-state index contributed by atoms with van der Waals surface area (Å²) in [5.74, 6) is -0.119. The molecule has 0 unspecified atom stereocenters. The molecule has 6 heteroatoms. The number of carboxylic acids is 1. The van der Waals surface area contributed by atoms with Crippen molar-refractivity contribution in [1.29, 1.82) is 0 Å². The van der Waals surface area contributed by atoms with E-state index in [2.05, 4.69) is 31.9 Å². The highest BCUT2D eigenvalue weighted by atomic mass is 79.9. The molecule has 0 aliphatic heterocycles. The second-order valence-electron chi connectivity index (χ2n) is 3.44. The Kier molecular flexibility index (Phi) is 4.08. The smallest absolute Gasteiger partial charge is 0.339 e. The molecule has 0 saturated carbocycles. The number of benzene rings is 1. The first-order valence-electron chi connectivity index (χ1n) is 4.96. The molecular formula is C12H8Br2O4. The summed E-state index contributed by atoms with van der Waals surface area (Å²) in [7, 11) is 0. The van der Waals surface area contributed by atoms with Gasteiger partial charge in [-0.15, -0.1) is 0 Å². The summed E-state index contributed by atoms with van der Waals surface area (Å²) in [6.07, 6.45) is 0. The van der Waals surface area contributed by atoms with Gasteiger partial charge < -0.3 is 14.3 Å². The van der Waals surface area contributed by atoms with Crippen LogP contribution >= 0.6 is 31.9 Å². The largest absolute Gasteiger partial charge is 0.485 e. The molecule has 1 aromatic heterocycles. The molecule has 1 aromatic carbocycles. The van der Waals surface area contributed by atoms with Crippen LogP contribution in [0.1, 0.15) is 16.1 Å². The van der Waals surface area contributed by atoms with Gasteiger partial charge in [-0.3, -0.25) is 0 Å². The van der Waals surface area contributed by atoms with E-state index in [4.69, 9.17) is 14.3 Å². The van der Waals surface area contributed by atoms with Gasteiger partial charge in [0.1, 0.15) is 23.7 Å². The monoisotopic (exact) mass is 374 g/mol. The van der Waals surface area contributed by atoms with E-state index in [1.165, 1.54) is 6.07 Å². The molecule has 1 N–H and O–H groups in total. The SMILES string of the molecule is O=C(O)c1cc(Br)ccc1OCc1ccc(Br)o1. The molecule has 0 radical (unpaired) electrons. The number of furan rings is 1. The first kappa shape index (κ1) is 13.2. The Balaban J connectivity index is 2.16. The lowest BCUT2D eigenvalue weighted by atomic mass is 10.2. The predicted octanol–water partition coefficient (Wildman–Crippen LogP) is 4.08. The second kappa shape index (κ2) is 5.58. The summed E-state index contributed by atoms with van der Waals surface area (Å²) in [5.41, 5.74) is 0.106. The van der Waals surface area contributed by atoms with Gasteiger partial charge in [-0.1, -0.05) is 15.9 Å². The van der Waals surface area contributed by atoms with Gasteiger partial charge in [-0.25, -0.2) is 4.79 Å². The van der Waals surface area contributed by atoms with Crippen LogP contribution in [0.2, 0.25) is 0 Å². The molecule has 2 rings (SSSR count). The lowest BCUT2D eigenvalue weighted by molar-refractivity contribution is 0.0691. The maximum atomic E-state index is 11.1. The molecule has 0 bridgehead atoms. The molecule has 0 fully saturated rings. The Bertz CT molecular complexity index is 577. The molecular weight excluding hydrogens is 368 g/mol. The van der Waals surface area contributed by atoms with E-state index in [0.717, 1.165) is 0 Å². The third-order valence-corrected chi connectivity index (χ3v) is 3.09. The van der Waals surface area contributed by atoms with Crippen molar-refractivity contribution >= 4 is 37.8 Å². The molecule has 0 aliphatic carbocycles. The minimum atomic E-state index is -1.04. The zero-order chi connectivity index (χ0) is 13.1.